The summed E-state index contributed by atoms with van der Waals surface area (Å²) >= 11 is 3.35. The van der Waals surface area contributed by atoms with Gasteiger partial charge in [0.15, 0.2) is 0 Å². The number of carbonyl (C=O) groups is 2. The van der Waals surface area contributed by atoms with Crippen LogP contribution in [0.3, 0.4) is 0 Å². The molecule has 1 atom stereocenters. The molecule has 1 aromatic rings. The molecule has 2 aliphatic heterocycles. The molecule has 2 N–H and O–H groups in total. The van der Waals surface area contributed by atoms with Gasteiger partial charge in [0.05, 0.1) is 17.3 Å². The Labute approximate surface area is 111 Å². The minimum atomic E-state index is -0.447. The number of hydrogen-bond donors (Lipinski definition) is 2. The molecular weight excluding hydrogens is 300 g/mol. The summed E-state index contributed by atoms with van der Waals surface area (Å²) in [6.07, 6.45) is 0. The molecular formula is C12H9BrN2O3. The second-order valence-electron chi connectivity index (χ2n) is 4.05. The lowest BCUT2D eigenvalue weighted by Gasteiger charge is -2.24. The first kappa shape index (κ1) is 11.3. The molecule has 3 rings (SSSR count). The molecule has 6 heteroatoms. The topological polar surface area (TPSA) is 67.4 Å². The third-order valence-electron chi connectivity index (χ3n) is 2.92. The molecule has 2 amide bonds. The van der Waals surface area contributed by atoms with Gasteiger partial charge in [0.25, 0.3) is 0 Å². The van der Waals surface area contributed by atoms with E-state index in [4.69, 9.17) is 4.74 Å². The monoisotopic (exact) mass is 308 g/mol. The maximum absolute atomic E-state index is 11.7. The number of nitrogens with one attached hydrogen (secondary N) is 2. The Morgan fingerprint density at radius 1 is 1.22 bits per heavy atom. The summed E-state index contributed by atoms with van der Waals surface area (Å²) in [6, 6.07) is 6.68. The molecule has 0 radical (unpaired) electrons. The number of carbonyl (C=O) groups excluding carboxylic acids is 2. The number of benzene rings is 1. The summed E-state index contributed by atoms with van der Waals surface area (Å²) < 4.78 is 5.89. The third-order valence-corrected chi connectivity index (χ3v) is 3.45. The quantitative estimate of drug-likeness (QED) is 0.775. The SMILES string of the molecule is O=C1NC2=C(C(=O)OC2)[C@H](c2ccc(Br)cc2)N1. The maximum atomic E-state index is 11.7. The van der Waals surface area contributed by atoms with Gasteiger partial charge in [0, 0.05) is 4.47 Å². The molecule has 2 heterocycles. The van der Waals surface area contributed by atoms with Crippen molar-refractivity contribution in [3.63, 3.8) is 0 Å². The molecule has 0 saturated heterocycles. The first-order valence-corrected chi connectivity index (χ1v) is 6.17. The Morgan fingerprint density at radius 2 is 1.94 bits per heavy atom. The largest absolute Gasteiger partial charge is 0.456 e. The van der Waals surface area contributed by atoms with Crippen molar-refractivity contribution in [2.24, 2.45) is 0 Å². The highest BCUT2D eigenvalue weighted by Gasteiger charge is 2.37. The molecule has 0 saturated carbocycles. The highest BCUT2D eigenvalue weighted by molar-refractivity contribution is 9.10. The zero-order valence-electron chi connectivity index (χ0n) is 9.20. The number of halogens is 1. The zero-order chi connectivity index (χ0) is 12.7. The Kier molecular flexibility index (Phi) is 2.59. The number of cyclic esters (lactones) is 1. The van der Waals surface area contributed by atoms with Gasteiger partial charge in [-0.15, -0.1) is 0 Å². The summed E-state index contributed by atoms with van der Waals surface area (Å²) in [5.41, 5.74) is 1.88. The van der Waals surface area contributed by atoms with Gasteiger partial charge in [-0.3, -0.25) is 0 Å². The van der Waals surface area contributed by atoms with Crippen molar-refractivity contribution in [2.45, 2.75) is 6.04 Å². The summed E-state index contributed by atoms with van der Waals surface area (Å²) in [4.78, 5) is 23.2. The van der Waals surface area contributed by atoms with Gasteiger partial charge in [-0.25, -0.2) is 9.59 Å². The van der Waals surface area contributed by atoms with Crippen LogP contribution in [0.5, 0.6) is 0 Å². The van der Waals surface area contributed by atoms with Gasteiger partial charge in [-0.05, 0) is 17.7 Å². The van der Waals surface area contributed by atoms with Gasteiger partial charge in [-0.2, -0.15) is 0 Å². The molecule has 0 unspecified atom stereocenters. The van der Waals surface area contributed by atoms with Gasteiger partial charge in [0.1, 0.15) is 6.61 Å². The van der Waals surface area contributed by atoms with Crippen LogP contribution in [0.4, 0.5) is 4.79 Å². The van der Waals surface area contributed by atoms with Gasteiger partial charge >= 0.3 is 12.0 Å². The maximum Gasteiger partial charge on any atom is 0.338 e. The number of amides is 2. The van der Waals surface area contributed by atoms with Crippen LogP contribution in [0.2, 0.25) is 0 Å². The fraction of sp³-hybridized carbons (Fsp3) is 0.167. The van der Waals surface area contributed by atoms with E-state index in [1.807, 2.05) is 24.3 Å². The number of hydrogen-bond acceptors (Lipinski definition) is 3. The van der Waals surface area contributed by atoms with E-state index in [2.05, 4.69) is 26.6 Å². The second-order valence-corrected chi connectivity index (χ2v) is 4.97. The first-order chi connectivity index (χ1) is 8.65. The molecule has 1 aromatic carbocycles. The van der Waals surface area contributed by atoms with Crippen molar-refractivity contribution < 1.29 is 14.3 Å². The van der Waals surface area contributed by atoms with Crippen LogP contribution in [-0.4, -0.2) is 18.6 Å². The summed E-state index contributed by atoms with van der Waals surface area (Å²) in [5, 5.41) is 5.32. The van der Waals surface area contributed by atoms with Crippen molar-refractivity contribution >= 4 is 27.9 Å². The van der Waals surface area contributed by atoms with E-state index in [1.165, 1.54) is 0 Å². The minimum absolute atomic E-state index is 0.134. The average molecular weight is 309 g/mol. The number of urea groups is 1. The Balaban J connectivity index is 2.04. The van der Waals surface area contributed by atoms with Crippen LogP contribution >= 0.6 is 15.9 Å². The molecule has 18 heavy (non-hydrogen) atoms. The second kappa shape index (κ2) is 4.13. The highest BCUT2D eigenvalue weighted by atomic mass is 79.9. The highest BCUT2D eigenvalue weighted by Crippen LogP contribution is 2.31. The molecule has 0 aliphatic carbocycles. The van der Waals surface area contributed by atoms with Gasteiger partial charge in [-0.1, -0.05) is 28.1 Å². The lowest BCUT2D eigenvalue weighted by molar-refractivity contribution is -0.136. The fourth-order valence-corrected chi connectivity index (χ4v) is 2.36. The van der Waals surface area contributed by atoms with Crippen LogP contribution in [0, 0.1) is 0 Å². The van der Waals surface area contributed by atoms with Crippen molar-refractivity contribution in [2.75, 3.05) is 6.61 Å². The molecule has 0 fully saturated rings. The van der Waals surface area contributed by atoms with E-state index >= 15 is 0 Å². The van der Waals surface area contributed by atoms with E-state index in [-0.39, 0.29) is 18.6 Å². The zero-order valence-corrected chi connectivity index (χ0v) is 10.8. The van der Waals surface area contributed by atoms with E-state index < -0.39 is 6.04 Å². The van der Waals surface area contributed by atoms with Crippen LogP contribution in [0.1, 0.15) is 11.6 Å². The summed E-state index contributed by atoms with van der Waals surface area (Å²) in [5.74, 6) is -0.384. The van der Waals surface area contributed by atoms with E-state index in [0.29, 0.717) is 11.3 Å². The van der Waals surface area contributed by atoms with Gasteiger partial charge < -0.3 is 15.4 Å². The Hall–Kier alpha value is -1.82. The molecule has 5 nitrogen and oxygen atoms in total. The Bertz CT molecular complexity index is 565. The fourth-order valence-electron chi connectivity index (χ4n) is 2.09. The predicted octanol–water partition coefficient (Wildman–Crippen LogP) is 1.61. The van der Waals surface area contributed by atoms with Crippen LogP contribution in [0.25, 0.3) is 0 Å². The van der Waals surface area contributed by atoms with Gasteiger partial charge in [0.2, 0.25) is 0 Å². The van der Waals surface area contributed by atoms with Crippen LogP contribution in [-0.2, 0) is 9.53 Å². The Morgan fingerprint density at radius 3 is 2.67 bits per heavy atom. The molecule has 92 valence electrons. The standard InChI is InChI=1S/C12H9BrN2O3/c13-7-3-1-6(2-4-7)10-9-8(5-18-11(9)16)14-12(17)15-10/h1-4,10H,5H2,(H2,14,15,17)/t10-/m0/s1. The van der Waals surface area contributed by atoms with Crippen molar-refractivity contribution in [3.05, 3.63) is 45.6 Å². The van der Waals surface area contributed by atoms with Crippen molar-refractivity contribution in [1.82, 2.24) is 10.6 Å². The summed E-state index contributed by atoms with van der Waals surface area (Å²) in [6.45, 7) is 0.134. The number of ether oxygens (including phenoxy) is 1. The third kappa shape index (κ3) is 1.78. The normalized spacial score (nSPS) is 22.2. The summed E-state index contributed by atoms with van der Waals surface area (Å²) in [7, 11) is 0. The van der Waals surface area contributed by atoms with E-state index in [0.717, 1.165) is 10.0 Å². The lowest BCUT2D eigenvalue weighted by Crippen LogP contribution is -2.44. The van der Waals surface area contributed by atoms with Crippen LogP contribution in [0.15, 0.2) is 40.0 Å². The first-order valence-electron chi connectivity index (χ1n) is 5.38. The van der Waals surface area contributed by atoms with E-state index in [1.54, 1.807) is 0 Å². The van der Waals surface area contributed by atoms with Crippen molar-refractivity contribution in [1.29, 1.82) is 0 Å². The molecule has 0 spiro atoms. The van der Waals surface area contributed by atoms with Crippen molar-refractivity contribution in [3.8, 4) is 0 Å². The van der Waals surface area contributed by atoms with E-state index in [9.17, 15) is 9.59 Å². The number of esters is 1. The average Bonchev–Trinajstić information content (AvgIpc) is 2.71. The molecule has 0 bridgehead atoms. The molecule has 2 aliphatic rings. The lowest BCUT2D eigenvalue weighted by atomic mass is 9.96. The van der Waals surface area contributed by atoms with Crippen LogP contribution < -0.4 is 10.6 Å². The smallest absolute Gasteiger partial charge is 0.338 e. The molecule has 0 aromatic heterocycles. The minimum Gasteiger partial charge on any atom is -0.456 e. The number of rotatable bonds is 1. The predicted molar refractivity (Wildman–Crippen MR) is 66.5 cm³/mol.